The Balaban J connectivity index is -0.000000208. The van der Waals surface area contributed by atoms with E-state index in [4.69, 9.17) is 15.3 Å². The fourth-order valence-corrected chi connectivity index (χ4v) is 2.72. The number of nitrogens with one attached hydrogen (secondary N) is 2. The summed E-state index contributed by atoms with van der Waals surface area (Å²) in [6.45, 7) is 16.6. The lowest BCUT2D eigenvalue weighted by Crippen LogP contribution is -2.37. The molecule has 8 heteroatoms. The molecule has 0 spiro atoms. The molecule has 0 fully saturated rings. The van der Waals surface area contributed by atoms with Gasteiger partial charge in [-0.3, -0.25) is 14.9 Å². The summed E-state index contributed by atoms with van der Waals surface area (Å²) in [6.07, 6.45) is 9.71. The Hall–Kier alpha value is -1.77. The molecule has 0 aliphatic rings. The van der Waals surface area contributed by atoms with Crippen molar-refractivity contribution in [3.63, 3.8) is 0 Å². The van der Waals surface area contributed by atoms with Gasteiger partial charge >= 0.3 is 5.97 Å². The summed E-state index contributed by atoms with van der Waals surface area (Å²) in [5.74, 6) is -0.106. The van der Waals surface area contributed by atoms with Gasteiger partial charge in [-0.1, -0.05) is 66.9 Å². The molecule has 0 radical (unpaired) electrons. The third kappa shape index (κ3) is 32.2. The summed E-state index contributed by atoms with van der Waals surface area (Å²) in [4.78, 5) is 32.2. The van der Waals surface area contributed by atoms with Gasteiger partial charge in [0.25, 0.3) is 0 Å². The lowest BCUT2D eigenvalue weighted by Gasteiger charge is -2.12. The molecule has 8 nitrogen and oxygen atoms in total. The van der Waals surface area contributed by atoms with E-state index < -0.39 is 18.7 Å². The molecule has 0 aromatic carbocycles. The minimum Gasteiger partial charge on any atom is -0.480 e. The number of carbonyl (C=O) groups excluding carboxylic acids is 2. The van der Waals surface area contributed by atoms with E-state index in [9.17, 15) is 14.4 Å². The minimum absolute atomic E-state index is 0.0546. The molecule has 0 aliphatic carbocycles. The largest absolute Gasteiger partial charge is 0.480 e. The summed E-state index contributed by atoms with van der Waals surface area (Å²) in [5.41, 5.74) is 1.11. The highest BCUT2D eigenvalue weighted by atomic mass is 16.4. The van der Waals surface area contributed by atoms with E-state index in [0.717, 1.165) is 43.7 Å². The number of amides is 1. The van der Waals surface area contributed by atoms with Crippen LogP contribution in [0.4, 0.5) is 0 Å². The van der Waals surface area contributed by atoms with Gasteiger partial charge in [0.15, 0.2) is 0 Å². The Morgan fingerprint density at radius 1 is 0.943 bits per heavy atom. The van der Waals surface area contributed by atoms with Crippen LogP contribution in [0.2, 0.25) is 0 Å². The van der Waals surface area contributed by atoms with Crippen LogP contribution >= 0.6 is 0 Å². The number of hydrogen-bond acceptors (Lipinski definition) is 6. The van der Waals surface area contributed by atoms with Crippen LogP contribution in [0.5, 0.6) is 0 Å². The molecule has 1 amide bonds. The Morgan fingerprint density at radius 3 is 1.83 bits per heavy atom. The molecule has 0 aromatic rings. The second kappa shape index (κ2) is 32.2. The third-order valence-corrected chi connectivity index (χ3v) is 5.27. The third-order valence-electron chi connectivity index (χ3n) is 5.27. The molecule has 0 rings (SSSR count). The van der Waals surface area contributed by atoms with Gasteiger partial charge < -0.3 is 25.4 Å². The van der Waals surface area contributed by atoms with Crippen LogP contribution in [-0.2, 0) is 14.4 Å². The number of unbranched alkanes of at least 4 members (excludes halogenated alkanes) is 1. The second-order valence-corrected chi connectivity index (χ2v) is 7.88. The fraction of sp³-hybridized carbons (Fsp3) is 0.815. The number of aliphatic hydroxyl groups excluding tert-OH is 2. The highest BCUT2D eigenvalue weighted by Gasteiger charge is 2.16. The van der Waals surface area contributed by atoms with Crippen molar-refractivity contribution >= 4 is 17.7 Å². The van der Waals surface area contributed by atoms with Crippen molar-refractivity contribution in [1.29, 1.82) is 0 Å². The molecular weight excluding hydrogens is 448 g/mol. The molecule has 0 heterocycles. The van der Waals surface area contributed by atoms with Crippen LogP contribution in [-0.4, -0.2) is 58.9 Å². The van der Waals surface area contributed by atoms with Gasteiger partial charge in [0.05, 0.1) is 13.3 Å². The standard InChI is InChI=1S/C12H25NO.C7H13NO4.C6H12O.C2H6/c1-4-7-8-12(14)13-10-9-11(5-2)6-3;1-5(10)2-3-6(7(11)12)8-4-9;1-3-6(4-2)5-7;1-2/h11H,4-10H2,1-3H3,(H,13,14);6,8-9H,2-4H2,1H3,(H,11,12);3,7H,4-5H2,1-2H3;1-2H3. The first kappa shape index (κ1) is 40.4. The van der Waals surface area contributed by atoms with Crippen molar-refractivity contribution in [3.05, 3.63) is 11.6 Å². The number of hydrogen-bond donors (Lipinski definition) is 5. The zero-order chi connectivity index (χ0) is 28.1. The fourth-order valence-electron chi connectivity index (χ4n) is 2.72. The quantitative estimate of drug-likeness (QED) is 0.150. The predicted molar refractivity (Wildman–Crippen MR) is 145 cm³/mol. The van der Waals surface area contributed by atoms with Crippen LogP contribution in [0.3, 0.4) is 0 Å². The molecule has 0 aromatic heterocycles. The lowest BCUT2D eigenvalue weighted by atomic mass is 10.00. The smallest absolute Gasteiger partial charge is 0.320 e. The highest BCUT2D eigenvalue weighted by Crippen LogP contribution is 2.11. The average Bonchev–Trinajstić information content (AvgIpc) is 2.86. The topological polar surface area (TPSA) is 136 Å². The van der Waals surface area contributed by atoms with Crippen molar-refractivity contribution in [2.24, 2.45) is 5.92 Å². The van der Waals surface area contributed by atoms with Crippen molar-refractivity contribution in [1.82, 2.24) is 10.6 Å². The Labute approximate surface area is 215 Å². The Morgan fingerprint density at radius 2 is 1.51 bits per heavy atom. The van der Waals surface area contributed by atoms with E-state index in [1.54, 1.807) is 0 Å². The molecule has 0 aliphatic heterocycles. The molecule has 1 unspecified atom stereocenters. The van der Waals surface area contributed by atoms with Crippen LogP contribution in [0.25, 0.3) is 0 Å². The van der Waals surface area contributed by atoms with Crippen molar-refractivity contribution in [3.8, 4) is 0 Å². The van der Waals surface area contributed by atoms with Crippen molar-refractivity contribution in [2.75, 3.05) is 19.9 Å². The van der Waals surface area contributed by atoms with Gasteiger partial charge in [-0.15, -0.1) is 0 Å². The number of Topliss-reactive ketones (excluding diaryl/α,β-unsaturated/α-hetero) is 1. The van der Waals surface area contributed by atoms with E-state index in [-0.39, 0.29) is 31.1 Å². The number of allylic oxidation sites excluding steroid dienone is 1. The molecule has 210 valence electrons. The van der Waals surface area contributed by atoms with Crippen LogP contribution in [0.1, 0.15) is 113 Å². The van der Waals surface area contributed by atoms with Crippen molar-refractivity contribution in [2.45, 2.75) is 119 Å². The average molecular weight is 505 g/mol. The van der Waals surface area contributed by atoms with Crippen LogP contribution < -0.4 is 10.6 Å². The van der Waals surface area contributed by atoms with Gasteiger partial charge in [0, 0.05) is 19.4 Å². The lowest BCUT2D eigenvalue weighted by molar-refractivity contribution is -0.140. The van der Waals surface area contributed by atoms with E-state index in [1.807, 2.05) is 33.8 Å². The second-order valence-electron chi connectivity index (χ2n) is 7.88. The number of aliphatic carboxylic acids is 1. The van der Waals surface area contributed by atoms with Crippen molar-refractivity contribution < 1.29 is 29.7 Å². The Bertz CT molecular complexity index is 514. The Kier molecular flexibility index (Phi) is 37.2. The van der Waals surface area contributed by atoms with E-state index in [0.29, 0.717) is 6.42 Å². The molecule has 35 heavy (non-hydrogen) atoms. The maximum Gasteiger partial charge on any atom is 0.320 e. The minimum atomic E-state index is -1.05. The number of carboxylic acid groups (broad SMARTS) is 1. The number of rotatable bonds is 16. The van der Waals surface area contributed by atoms with Crippen LogP contribution in [0, 0.1) is 5.92 Å². The van der Waals surface area contributed by atoms with Gasteiger partial charge in [0.1, 0.15) is 11.8 Å². The zero-order valence-electron chi connectivity index (χ0n) is 23.8. The maximum absolute atomic E-state index is 11.2. The molecule has 5 N–H and O–H groups in total. The van der Waals surface area contributed by atoms with E-state index in [2.05, 4.69) is 31.4 Å². The first-order chi connectivity index (χ1) is 16.7. The number of carbonyl (C=O) groups is 3. The SMILES string of the molecule is CC.CC(=O)CCC(NCO)C(=O)O.CC=C(CC)CO.CCCCC(=O)NCCC(CC)CC. The van der Waals surface area contributed by atoms with Gasteiger partial charge in [-0.2, -0.15) is 0 Å². The van der Waals surface area contributed by atoms with Gasteiger partial charge in [-0.05, 0) is 51.0 Å². The first-order valence-electron chi connectivity index (χ1n) is 13.2. The maximum atomic E-state index is 11.2. The first-order valence-corrected chi connectivity index (χ1v) is 13.2. The summed E-state index contributed by atoms with van der Waals surface area (Å²) < 4.78 is 0. The van der Waals surface area contributed by atoms with E-state index in [1.165, 1.54) is 19.8 Å². The molecular formula is C27H56N2O6. The molecule has 0 saturated carbocycles. The number of aliphatic hydroxyl groups is 2. The molecule has 0 bridgehead atoms. The summed E-state index contributed by atoms with van der Waals surface area (Å²) in [6, 6.07) is -0.834. The summed E-state index contributed by atoms with van der Waals surface area (Å²) in [7, 11) is 0. The molecule has 0 saturated heterocycles. The number of ketones is 1. The highest BCUT2D eigenvalue weighted by molar-refractivity contribution is 5.78. The monoisotopic (exact) mass is 504 g/mol. The van der Waals surface area contributed by atoms with Crippen LogP contribution in [0.15, 0.2) is 11.6 Å². The molecule has 1 atom stereocenters. The van der Waals surface area contributed by atoms with E-state index >= 15 is 0 Å². The normalized spacial score (nSPS) is 11.1. The number of carboxylic acids is 1. The summed E-state index contributed by atoms with van der Waals surface area (Å²) in [5, 5.41) is 30.7. The summed E-state index contributed by atoms with van der Waals surface area (Å²) >= 11 is 0. The zero-order valence-corrected chi connectivity index (χ0v) is 23.8. The van der Waals surface area contributed by atoms with Gasteiger partial charge in [0.2, 0.25) is 5.91 Å². The predicted octanol–water partition coefficient (Wildman–Crippen LogP) is 4.83. The van der Waals surface area contributed by atoms with Gasteiger partial charge in [-0.25, -0.2) is 0 Å².